The van der Waals surface area contributed by atoms with Crippen LogP contribution < -0.4 is 4.90 Å². The van der Waals surface area contributed by atoms with Crippen LogP contribution >= 0.6 is 0 Å². The SMILES string of the molecule is CN(c1ccc(C(F)(F)F)cc1C(=O)O)C1CCOC1. The first-order valence-corrected chi connectivity index (χ1v) is 6.06. The molecular weight excluding hydrogens is 275 g/mol. The molecule has 110 valence electrons. The van der Waals surface area contributed by atoms with Gasteiger partial charge in [-0.25, -0.2) is 4.79 Å². The van der Waals surface area contributed by atoms with Crippen molar-refractivity contribution in [2.75, 3.05) is 25.2 Å². The van der Waals surface area contributed by atoms with Gasteiger partial charge in [0, 0.05) is 13.7 Å². The summed E-state index contributed by atoms with van der Waals surface area (Å²) in [5.74, 6) is -1.38. The molecule has 2 rings (SSSR count). The zero-order chi connectivity index (χ0) is 14.9. The van der Waals surface area contributed by atoms with E-state index in [9.17, 15) is 18.0 Å². The standard InChI is InChI=1S/C13H14F3NO3/c1-17(9-4-5-20-7-9)11-3-2-8(13(14,15)16)6-10(11)12(18)19/h2-3,6,9H,4-5,7H2,1H3,(H,18,19). The Labute approximate surface area is 113 Å². The molecule has 0 amide bonds. The van der Waals surface area contributed by atoms with Crippen LogP contribution in [0.2, 0.25) is 0 Å². The summed E-state index contributed by atoms with van der Waals surface area (Å²) in [5.41, 5.74) is -1.05. The van der Waals surface area contributed by atoms with E-state index in [0.717, 1.165) is 12.5 Å². The number of halogens is 3. The van der Waals surface area contributed by atoms with Crippen molar-refractivity contribution in [3.8, 4) is 0 Å². The van der Waals surface area contributed by atoms with Crippen molar-refractivity contribution in [3.05, 3.63) is 29.3 Å². The summed E-state index contributed by atoms with van der Waals surface area (Å²) >= 11 is 0. The minimum atomic E-state index is -4.56. The van der Waals surface area contributed by atoms with Crippen LogP contribution in [0.5, 0.6) is 0 Å². The predicted molar refractivity (Wildman–Crippen MR) is 66.0 cm³/mol. The quantitative estimate of drug-likeness (QED) is 0.929. The number of alkyl halides is 3. The number of carboxylic acid groups (broad SMARTS) is 1. The molecule has 1 saturated heterocycles. The van der Waals surface area contributed by atoms with Gasteiger partial charge >= 0.3 is 12.1 Å². The Balaban J connectivity index is 2.39. The molecule has 0 aliphatic carbocycles. The predicted octanol–water partition coefficient (Wildman–Crippen LogP) is 2.63. The Bertz CT molecular complexity index is 510. The topological polar surface area (TPSA) is 49.8 Å². The number of hydrogen-bond donors (Lipinski definition) is 1. The number of anilines is 1. The Hall–Kier alpha value is -1.76. The molecule has 1 unspecified atom stereocenters. The van der Waals surface area contributed by atoms with E-state index < -0.39 is 17.7 Å². The van der Waals surface area contributed by atoms with Crippen LogP contribution in [0.15, 0.2) is 18.2 Å². The van der Waals surface area contributed by atoms with E-state index in [2.05, 4.69) is 0 Å². The average Bonchev–Trinajstić information content (AvgIpc) is 2.89. The normalized spacial score (nSPS) is 19.1. The largest absolute Gasteiger partial charge is 0.478 e. The molecule has 20 heavy (non-hydrogen) atoms. The number of benzene rings is 1. The van der Waals surface area contributed by atoms with Crippen LogP contribution in [-0.2, 0) is 10.9 Å². The van der Waals surface area contributed by atoms with E-state index in [4.69, 9.17) is 9.84 Å². The Kier molecular flexibility index (Phi) is 3.89. The third-order valence-electron chi connectivity index (χ3n) is 3.39. The lowest BCUT2D eigenvalue weighted by Crippen LogP contribution is -2.33. The first kappa shape index (κ1) is 14.6. The van der Waals surface area contributed by atoms with Gasteiger partial charge in [-0.3, -0.25) is 0 Å². The van der Waals surface area contributed by atoms with E-state index in [1.54, 1.807) is 11.9 Å². The highest BCUT2D eigenvalue weighted by Gasteiger charge is 2.33. The van der Waals surface area contributed by atoms with Gasteiger partial charge in [0.15, 0.2) is 0 Å². The van der Waals surface area contributed by atoms with Crippen LogP contribution in [0.1, 0.15) is 22.3 Å². The lowest BCUT2D eigenvalue weighted by Gasteiger charge is -2.27. The molecule has 0 bridgehead atoms. The zero-order valence-electron chi connectivity index (χ0n) is 10.8. The highest BCUT2D eigenvalue weighted by molar-refractivity contribution is 5.94. The molecule has 1 aliphatic rings. The summed E-state index contributed by atoms with van der Waals surface area (Å²) in [6.07, 6.45) is -3.84. The van der Waals surface area contributed by atoms with Crippen molar-refractivity contribution in [1.82, 2.24) is 0 Å². The van der Waals surface area contributed by atoms with E-state index in [0.29, 0.717) is 19.3 Å². The second-order valence-electron chi connectivity index (χ2n) is 4.66. The van der Waals surface area contributed by atoms with Gasteiger partial charge in [-0.05, 0) is 24.6 Å². The number of nitrogens with zero attached hydrogens (tertiary/aromatic N) is 1. The highest BCUT2D eigenvalue weighted by atomic mass is 19.4. The van der Waals surface area contributed by atoms with Crippen LogP contribution in [0, 0.1) is 0 Å². The number of ether oxygens (including phenoxy) is 1. The molecule has 0 aromatic heterocycles. The maximum absolute atomic E-state index is 12.6. The highest BCUT2D eigenvalue weighted by Crippen LogP contribution is 2.33. The monoisotopic (exact) mass is 289 g/mol. The minimum Gasteiger partial charge on any atom is -0.478 e. The molecule has 1 atom stereocenters. The second-order valence-corrected chi connectivity index (χ2v) is 4.66. The van der Waals surface area contributed by atoms with Crippen molar-refractivity contribution in [1.29, 1.82) is 0 Å². The van der Waals surface area contributed by atoms with Gasteiger partial charge in [0.05, 0.1) is 29.5 Å². The Morgan fingerprint density at radius 1 is 1.45 bits per heavy atom. The number of hydrogen-bond acceptors (Lipinski definition) is 3. The van der Waals surface area contributed by atoms with Crippen LogP contribution in [0.3, 0.4) is 0 Å². The van der Waals surface area contributed by atoms with E-state index in [1.807, 2.05) is 0 Å². The molecule has 4 nitrogen and oxygen atoms in total. The fourth-order valence-electron chi connectivity index (χ4n) is 2.22. The summed E-state index contributed by atoms with van der Waals surface area (Å²) in [6, 6.07) is 2.74. The molecule has 1 fully saturated rings. The number of aromatic carboxylic acids is 1. The lowest BCUT2D eigenvalue weighted by molar-refractivity contribution is -0.137. The molecule has 1 aromatic rings. The van der Waals surface area contributed by atoms with Crippen LogP contribution in [-0.4, -0.2) is 37.4 Å². The number of rotatable bonds is 3. The molecule has 0 radical (unpaired) electrons. The maximum atomic E-state index is 12.6. The molecule has 1 heterocycles. The van der Waals surface area contributed by atoms with Crippen molar-refractivity contribution in [3.63, 3.8) is 0 Å². The van der Waals surface area contributed by atoms with Crippen LogP contribution in [0.4, 0.5) is 18.9 Å². The second kappa shape index (κ2) is 5.32. The van der Waals surface area contributed by atoms with Gasteiger partial charge < -0.3 is 14.7 Å². The van der Waals surface area contributed by atoms with Gasteiger partial charge in [-0.15, -0.1) is 0 Å². The first-order valence-electron chi connectivity index (χ1n) is 6.06. The summed E-state index contributed by atoms with van der Waals surface area (Å²) < 4.78 is 43.1. The van der Waals surface area contributed by atoms with Gasteiger partial charge in [0.2, 0.25) is 0 Å². The third kappa shape index (κ3) is 2.87. The third-order valence-corrected chi connectivity index (χ3v) is 3.39. The summed E-state index contributed by atoms with van der Waals surface area (Å²) in [6.45, 7) is 1.01. The van der Waals surface area contributed by atoms with Crippen molar-refractivity contribution < 1.29 is 27.8 Å². The molecule has 0 saturated carbocycles. The Morgan fingerprint density at radius 3 is 2.65 bits per heavy atom. The van der Waals surface area contributed by atoms with Gasteiger partial charge in [-0.2, -0.15) is 13.2 Å². The molecule has 7 heteroatoms. The average molecular weight is 289 g/mol. The van der Waals surface area contributed by atoms with Gasteiger partial charge in [0.25, 0.3) is 0 Å². The van der Waals surface area contributed by atoms with Crippen molar-refractivity contribution in [2.24, 2.45) is 0 Å². The van der Waals surface area contributed by atoms with E-state index in [-0.39, 0.29) is 17.3 Å². The summed E-state index contributed by atoms with van der Waals surface area (Å²) in [7, 11) is 1.66. The summed E-state index contributed by atoms with van der Waals surface area (Å²) in [5, 5.41) is 9.12. The van der Waals surface area contributed by atoms with E-state index >= 15 is 0 Å². The maximum Gasteiger partial charge on any atom is 0.416 e. The number of carboxylic acids is 1. The minimum absolute atomic E-state index is 0.0233. The van der Waals surface area contributed by atoms with Crippen LogP contribution in [0.25, 0.3) is 0 Å². The number of carbonyl (C=O) groups is 1. The molecule has 1 aromatic carbocycles. The van der Waals surface area contributed by atoms with Gasteiger partial charge in [-0.1, -0.05) is 0 Å². The molecular formula is C13H14F3NO3. The Morgan fingerprint density at radius 2 is 2.15 bits per heavy atom. The first-order chi connectivity index (χ1) is 9.30. The fraction of sp³-hybridized carbons (Fsp3) is 0.462. The summed E-state index contributed by atoms with van der Waals surface area (Å²) in [4.78, 5) is 12.9. The van der Waals surface area contributed by atoms with Gasteiger partial charge in [0.1, 0.15) is 0 Å². The molecule has 1 aliphatic heterocycles. The molecule has 0 spiro atoms. The smallest absolute Gasteiger partial charge is 0.416 e. The van der Waals surface area contributed by atoms with Crippen molar-refractivity contribution >= 4 is 11.7 Å². The molecule has 1 N–H and O–H groups in total. The fourth-order valence-corrected chi connectivity index (χ4v) is 2.22. The number of likely N-dealkylation sites (N-methyl/N-ethyl adjacent to an activating group) is 1. The van der Waals surface area contributed by atoms with E-state index in [1.165, 1.54) is 6.07 Å². The zero-order valence-corrected chi connectivity index (χ0v) is 10.8. The van der Waals surface area contributed by atoms with Crippen molar-refractivity contribution in [2.45, 2.75) is 18.6 Å². The lowest BCUT2D eigenvalue weighted by atomic mass is 10.1.